The minimum atomic E-state index is -0.00917. The molecule has 0 aliphatic carbocycles. The van der Waals surface area contributed by atoms with Gasteiger partial charge in [0.05, 0.1) is 11.8 Å². The quantitative estimate of drug-likeness (QED) is 0.825. The summed E-state index contributed by atoms with van der Waals surface area (Å²) < 4.78 is 1.55. The third-order valence-electron chi connectivity index (χ3n) is 2.75. The molecule has 0 aromatic carbocycles. The Morgan fingerprint density at radius 3 is 2.90 bits per heavy atom. The molecule has 0 bridgehead atoms. The van der Waals surface area contributed by atoms with Gasteiger partial charge >= 0.3 is 0 Å². The molecule has 0 saturated heterocycles. The molecule has 1 unspecified atom stereocenters. The van der Waals surface area contributed by atoms with Crippen molar-refractivity contribution < 1.29 is 4.79 Å². The number of thiophene rings is 1. The summed E-state index contributed by atoms with van der Waals surface area (Å²) >= 11 is 2.99. The van der Waals surface area contributed by atoms with Crippen molar-refractivity contribution in [3.8, 4) is 0 Å². The van der Waals surface area contributed by atoms with Crippen molar-refractivity contribution in [2.45, 2.75) is 25.0 Å². The third kappa shape index (κ3) is 3.80. The zero-order chi connectivity index (χ0) is 14.5. The highest BCUT2D eigenvalue weighted by Crippen LogP contribution is 2.26. The van der Waals surface area contributed by atoms with E-state index in [0.29, 0.717) is 16.8 Å². The van der Waals surface area contributed by atoms with Crippen LogP contribution >= 0.6 is 23.1 Å². The van der Waals surface area contributed by atoms with Gasteiger partial charge in [0.2, 0.25) is 11.1 Å². The third-order valence-corrected chi connectivity index (χ3v) is 4.71. The first-order valence-electron chi connectivity index (χ1n) is 6.26. The maximum Gasteiger partial charge on any atom is 0.230 e. The Morgan fingerprint density at radius 1 is 1.55 bits per heavy atom. The van der Waals surface area contributed by atoms with Gasteiger partial charge < -0.3 is 5.32 Å². The van der Waals surface area contributed by atoms with Gasteiger partial charge in [-0.3, -0.25) is 4.79 Å². The van der Waals surface area contributed by atoms with E-state index in [1.54, 1.807) is 23.1 Å². The van der Waals surface area contributed by atoms with Crippen LogP contribution in [0, 0.1) is 5.92 Å². The molecule has 0 spiro atoms. The van der Waals surface area contributed by atoms with Crippen molar-refractivity contribution in [3.05, 3.63) is 22.4 Å². The Bertz CT molecular complexity index is 552. The van der Waals surface area contributed by atoms with Crippen LogP contribution in [0.15, 0.2) is 22.7 Å². The topological polar surface area (TPSA) is 72.7 Å². The number of thioether (sulfide) groups is 1. The first kappa shape index (κ1) is 15.0. The normalized spacial score (nSPS) is 12.6. The van der Waals surface area contributed by atoms with Crippen LogP contribution in [0.3, 0.4) is 0 Å². The highest BCUT2D eigenvalue weighted by molar-refractivity contribution is 7.99. The molecule has 108 valence electrons. The summed E-state index contributed by atoms with van der Waals surface area (Å²) in [6, 6.07) is 4.11. The molecule has 1 N–H and O–H groups in total. The first-order valence-corrected chi connectivity index (χ1v) is 8.12. The molecule has 20 heavy (non-hydrogen) atoms. The number of hydrogen-bond donors (Lipinski definition) is 1. The lowest BCUT2D eigenvalue weighted by molar-refractivity contribution is -0.119. The van der Waals surface area contributed by atoms with Gasteiger partial charge in [-0.05, 0) is 27.8 Å². The van der Waals surface area contributed by atoms with E-state index in [2.05, 4.69) is 40.8 Å². The summed E-state index contributed by atoms with van der Waals surface area (Å²) in [6.45, 7) is 4.20. The fourth-order valence-electron chi connectivity index (χ4n) is 1.72. The predicted octanol–water partition coefficient (Wildman–Crippen LogP) is 1.88. The van der Waals surface area contributed by atoms with Crippen LogP contribution in [-0.4, -0.2) is 31.9 Å². The number of hydrogen-bond acceptors (Lipinski definition) is 6. The van der Waals surface area contributed by atoms with Gasteiger partial charge in [-0.1, -0.05) is 31.7 Å². The van der Waals surface area contributed by atoms with Gasteiger partial charge in [0.1, 0.15) is 0 Å². The van der Waals surface area contributed by atoms with E-state index < -0.39 is 0 Å². The summed E-state index contributed by atoms with van der Waals surface area (Å²) in [5.74, 6) is 0.646. The van der Waals surface area contributed by atoms with Gasteiger partial charge in [-0.2, -0.15) is 0 Å². The summed E-state index contributed by atoms with van der Waals surface area (Å²) in [5.41, 5.74) is 0. The van der Waals surface area contributed by atoms with Crippen molar-refractivity contribution in [3.63, 3.8) is 0 Å². The van der Waals surface area contributed by atoms with Gasteiger partial charge in [-0.25, -0.2) is 4.68 Å². The lowest BCUT2D eigenvalue weighted by Crippen LogP contribution is -2.32. The number of nitrogens with one attached hydrogen (secondary N) is 1. The van der Waals surface area contributed by atoms with E-state index in [1.165, 1.54) is 16.6 Å². The Balaban J connectivity index is 1.91. The molecule has 0 aliphatic rings. The van der Waals surface area contributed by atoms with E-state index in [1.807, 2.05) is 11.4 Å². The number of carbonyl (C=O) groups excluding carboxylic acids is 1. The van der Waals surface area contributed by atoms with Crippen LogP contribution in [0.2, 0.25) is 0 Å². The first-order chi connectivity index (χ1) is 9.58. The van der Waals surface area contributed by atoms with Gasteiger partial charge in [0.15, 0.2) is 0 Å². The molecule has 0 fully saturated rings. The second-order valence-corrected chi connectivity index (χ2v) is 6.60. The number of aromatic nitrogens is 4. The van der Waals surface area contributed by atoms with Crippen LogP contribution in [0.1, 0.15) is 24.8 Å². The van der Waals surface area contributed by atoms with Crippen molar-refractivity contribution in [1.82, 2.24) is 25.5 Å². The molecule has 6 nitrogen and oxygen atoms in total. The molecule has 2 aromatic heterocycles. The van der Waals surface area contributed by atoms with Crippen molar-refractivity contribution >= 4 is 29.0 Å². The minimum absolute atomic E-state index is 0.00917. The Labute approximate surface area is 126 Å². The molecule has 1 atom stereocenters. The van der Waals surface area contributed by atoms with Crippen LogP contribution in [-0.2, 0) is 11.8 Å². The van der Waals surface area contributed by atoms with E-state index in [-0.39, 0.29) is 11.9 Å². The lowest BCUT2D eigenvalue weighted by Gasteiger charge is -2.21. The number of aryl methyl sites for hydroxylation is 1. The molecule has 0 aliphatic heterocycles. The zero-order valence-electron chi connectivity index (χ0n) is 11.6. The summed E-state index contributed by atoms with van der Waals surface area (Å²) in [4.78, 5) is 13.2. The van der Waals surface area contributed by atoms with E-state index in [0.717, 1.165) is 0 Å². The van der Waals surface area contributed by atoms with Gasteiger partial charge in [-0.15, -0.1) is 16.4 Å². The minimum Gasteiger partial charge on any atom is -0.347 e. The van der Waals surface area contributed by atoms with Crippen molar-refractivity contribution in [1.29, 1.82) is 0 Å². The summed E-state index contributed by atoms with van der Waals surface area (Å²) in [5, 5.41) is 16.8. The molecule has 0 saturated carbocycles. The molecule has 2 aromatic rings. The van der Waals surface area contributed by atoms with E-state index in [4.69, 9.17) is 0 Å². The molecular weight excluding hydrogens is 294 g/mol. The van der Waals surface area contributed by atoms with Crippen LogP contribution in [0.4, 0.5) is 0 Å². The Kier molecular flexibility index (Phi) is 5.13. The zero-order valence-corrected chi connectivity index (χ0v) is 13.2. The van der Waals surface area contributed by atoms with Crippen LogP contribution in [0.5, 0.6) is 0 Å². The van der Waals surface area contributed by atoms with E-state index >= 15 is 0 Å². The number of amides is 1. The average Bonchev–Trinajstić information content (AvgIpc) is 3.04. The van der Waals surface area contributed by atoms with Crippen LogP contribution < -0.4 is 5.32 Å². The highest BCUT2D eigenvalue weighted by atomic mass is 32.2. The number of rotatable bonds is 6. The second-order valence-electron chi connectivity index (χ2n) is 4.68. The number of carbonyl (C=O) groups is 1. The van der Waals surface area contributed by atoms with Gasteiger partial charge in [0.25, 0.3) is 0 Å². The average molecular weight is 311 g/mol. The maximum absolute atomic E-state index is 12.1. The van der Waals surface area contributed by atoms with E-state index in [9.17, 15) is 4.79 Å². The molecule has 2 rings (SSSR count). The predicted molar refractivity (Wildman–Crippen MR) is 79.6 cm³/mol. The van der Waals surface area contributed by atoms with Crippen molar-refractivity contribution in [2.75, 3.05) is 5.75 Å². The summed E-state index contributed by atoms with van der Waals surface area (Å²) in [6.07, 6.45) is 0. The Morgan fingerprint density at radius 2 is 2.35 bits per heavy atom. The molecule has 1 amide bonds. The monoisotopic (exact) mass is 311 g/mol. The second kappa shape index (κ2) is 6.85. The van der Waals surface area contributed by atoms with Crippen molar-refractivity contribution in [2.24, 2.45) is 13.0 Å². The molecule has 0 radical (unpaired) electrons. The Hall–Kier alpha value is -1.41. The number of tetrazole rings is 1. The standard InChI is InChI=1S/C12H17N5OS2/c1-8(2)11(9-5-4-6-19-9)13-10(18)7-20-12-14-15-16-17(12)3/h4-6,8,11H,7H2,1-3H3,(H,13,18). The maximum atomic E-state index is 12.1. The summed E-state index contributed by atoms with van der Waals surface area (Å²) in [7, 11) is 1.75. The smallest absolute Gasteiger partial charge is 0.230 e. The largest absolute Gasteiger partial charge is 0.347 e. The fourth-order valence-corrected chi connectivity index (χ4v) is 3.33. The molecular formula is C12H17N5OS2. The van der Waals surface area contributed by atoms with Crippen LogP contribution in [0.25, 0.3) is 0 Å². The SMILES string of the molecule is CC(C)C(NC(=O)CSc1nnnn1C)c1cccs1. The fraction of sp³-hybridized carbons (Fsp3) is 0.500. The number of nitrogens with zero attached hydrogens (tertiary/aromatic N) is 4. The lowest BCUT2D eigenvalue weighted by atomic mass is 10.0. The molecule has 8 heteroatoms. The van der Waals surface area contributed by atoms with Gasteiger partial charge in [0, 0.05) is 11.9 Å². The molecule has 2 heterocycles. The highest BCUT2D eigenvalue weighted by Gasteiger charge is 2.19.